The maximum Gasteiger partial charge on any atom is 0.0526 e. The third-order valence-corrected chi connectivity index (χ3v) is 4.26. The van der Waals surface area contributed by atoms with Gasteiger partial charge in [0.15, 0.2) is 0 Å². The van der Waals surface area contributed by atoms with Crippen LogP contribution in [0.25, 0.3) is 0 Å². The lowest BCUT2D eigenvalue weighted by molar-refractivity contribution is 0.423. The number of halogens is 2. The zero-order valence-electron chi connectivity index (χ0n) is 10.8. The summed E-state index contributed by atoms with van der Waals surface area (Å²) in [7, 11) is 0. The van der Waals surface area contributed by atoms with Crippen LogP contribution in [0.2, 0.25) is 5.02 Å². The van der Waals surface area contributed by atoms with Crippen molar-refractivity contribution in [1.29, 1.82) is 0 Å². The van der Waals surface area contributed by atoms with Gasteiger partial charge in [0.2, 0.25) is 0 Å². The minimum Gasteiger partial charge on any atom is -0.369 e. The first-order chi connectivity index (χ1) is 8.70. The van der Waals surface area contributed by atoms with Gasteiger partial charge in [0.05, 0.1) is 5.69 Å². The molecule has 0 spiro atoms. The summed E-state index contributed by atoms with van der Waals surface area (Å²) < 4.78 is 1.13. The van der Waals surface area contributed by atoms with E-state index in [1.54, 1.807) is 0 Å². The Morgan fingerprint density at radius 2 is 2.33 bits per heavy atom. The molecule has 0 aliphatic carbocycles. The van der Waals surface area contributed by atoms with Crippen LogP contribution < -0.4 is 10.2 Å². The van der Waals surface area contributed by atoms with Crippen LogP contribution in [0, 0.1) is 0 Å². The highest BCUT2D eigenvalue weighted by atomic mass is 79.9. The molecule has 2 rings (SSSR count). The predicted molar refractivity (Wildman–Crippen MR) is 82.7 cm³/mol. The van der Waals surface area contributed by atoms with Gasteiger partial charge in [-0.15, -0.1) is 0 Å². The second-order valence-corrected chi connectivity index (χ2v) is 6.13. The molecule has 1 unspecified atom stereocenters. The Hall–Kier alpha value is -0.250. The quantitative estimate of drug-likeness (QED) is 0.894. The van der Waals surface area contributed by atoms with Crippen molar-refractivity contribution in [3.8, 4) is 0 Å². The van der Waals surface area contributed by atoms with E-state index in [1.807, 2.05) is 18.2 Å². The molecule has 0 aromatic heterocycles. The first kappa shape index (κ1) is 14.2. The molecule has 1 aromatic rings. The van der Waals surface area contributed by atoms with E-state index in [9.17, 15) is 0 Å². The lowest BCUT2D eigenvalue weighted by Gasteiger charge is -2.35. The lowest BCUT2D eigenvalue weighted by atomic mass is 10.0. The number of nitrogens with one attached hydrogen (secondary N) is 1. The van der Waals surface area contributed by atoms with Gasteiger partial charge in [-0.05, 0) is 59.9 Å². The number of benzene rings is 1. The fourth-order valence-corrected chi connectivity index (χ4v) is 3.10. The van der Waals surface area contributed by atoms with Crippen molar-refractivity contribution in [2.45, 2.75) is 32.2 Å². The SMILES string of the molecule is CCCNC1CCCN(c2cc(Cl)ccc2Br)C1. The Balaban J connectivity index is 2.05. The van der Waals surface area contributed by atoms with Crippen molar-refractivity contribution in [3.63, 3.8) is 0 Å². The fourth-order valence-electron chi connectivity index (χ4n) is 2.44. The number of piperidine rings is 1. The Bertz CT molecular complexity index is 397. The van der Waals surface area contributed by atoms with Crippen LogP contribution in [0.15, 0.2) is 22.7 Å². The number of rotatable bonds is 4. The van der Waals surface area contributed by atoms with Crippen LogP contribution in [0.1, 0.15) is 26.2 Å². The Morgan fingerprint density at radius 3 is 3.11 bits per heavy atom. The number of hydrogen-bond acceptors (Lipinski definition) is 2. The molecule has 1 atom stereocenters. The van der Waals surface area contributed by atoms with Crippen molar-refractivity contribution in [1.82, 2.24) is 5.32 Å². The van der Waals surface area contributed by atoms with Crippen LogP contribution in [-0.4, -0.2) is 25.7 Å². The molecular weight excluding hydrogens is 312 g/mol. The molecule has 0 bridgehead atoms. The van der Waals surface area contributed by atoms with Gasteiger partial charge in [0, 0.05) is 28.6 Å². The van der Waals surface area contributed by atoms with E-state index in [1.165, 1.54) is 24.9 Å². The Morgan fingerprint density at radius 1 is 1.50 bits per heavy atom. The molecular formula is C14H20BrClN2. The Kier molecular flexibility index (Phi) is 5.34. The maximum absolute atomic E-state index is 6.09. The van der Waals surface area contributed by atoms with E-state index in [0.717, 1.165) is 29.1 Å². The first-order valence-electron chi connectivity index (χ1n) is 6.64. The Labute approximate surface area is 123 Å². The molecule has 1 N–H and O–H groups in total. The maximum atomic E-state index is 6.09. The molecule has 1 aromatic carbocycles. The molecule has 4 heteroatoms. The van der Waals surface area contributed by atoms with Crippen molar-refractivity contribution in [2.24, 2.45) is 0 Å². The summed E-state index contributed by atoms with van der Waals surface area (Å²) in [4.78, 5) is 2.42. The van der Waals surface area contributed by atoms with Crippen LogP contribution in [-0.2, 0) is 0 Å². The molecule has 1 heterocycles. The molecule has 0 saturated carbocycles. The van der Waals surface area contributed by atoms with Gasteiger partial charge in [0.25, 0.3) is 0 Å². The number of anilines is 1. The monoisotopic (exact) mass is 330 g/mol. The molecule has 18 heavy (non-hydrogen) atoms. The second-order valence-electron chi connectivity index (χ2n) is 4.84. The summed E-state index contributed by atoms with van der Waals surface area (Å²) >= 11 is 9.71. The van der Waals surface area contributed by atoms with E-state index >= 15 is 0 Å². The molecule has 1 aliphatic heterocycles. The van der Waals surface area contributed by atoms with E-state index in [4.69, 9.17) is 11.6 Å². The van der Waals surface area contributed by atoms with Gasteiger partial charge >= 0.3 is 0 Å². The van der Waals surface area contributed by atoms with Gasteiger partial charge in [-0.1, -0.05) is 18.5 Å². The van der Waals surface area contributed by atoms with Crippen LogP contribution in [0.4, 0.5) is 5.69 Å². The summed E-state index contributed by atoms with van der Waals surface area (Å²) in [6.07, 6.45) is 3.70. The summed E-state index contributed by atoms with van der Waals surface area (Å²) in [6.45, 7) is 5.50. The van der Waals surface area contributed by atoms with Crippen molar-refractivity contribution in [3.05, 3.63) is 27.7 Å². The topological polar surface area (TPSA) is 15.3 Å². The molecule has 0 amide bonds. The highest BCUT2D eigenvalue weighted by Gasteiger charge is 2.20. The minimum atomic E-state index is 0.601. The van der Waals surface area contributed by atoms with Crippen molar-refractivity contribution in [2.75, 3.05) is 24.5 Å². The van der Waals surface area contributed by atoms with Gasteiger partial charge in [-0.2, -0.15) is 0 Å². The van der Waals surface area contributed by atoms with E-state index in [-0.39, 0.29) is 0 Å². The third-order valence-electron chi connectivity index (χ3n) is 3.35. The van der Waals surface area contributed by atoms with Crippen molar-refractivity contribution < 1.29 is 0 Å². The standard InChI is InChI=1S/C14H20BrClN2/c1-2-7-17-12-4-3-8-18(10-12)14-9-11(16)5-6-13(14)15/h5-6,9,12,17H,2-4,7-8,10H2,1H3. The van der Waals surface area contributed by atoms with Gasteiger partial charge in [-0.25, -0.2) is 0 Å². The van der Waals surface area contributed by atoms with E-state index in [0.29, 0.717) is 6.04 Å². The summed E-state index contributed by atoms with van der Waals surface area (Å²) in [5, 5.41) is 4.42. The normalized spacial score (nSPS) is 20.2. The fraction of sp³-hybridized carbons (Fsp3) is 0.571. The van der Waals surface area contributed by atoms with Gasteiger partial charge in [-0.3, -0.25) is 0 Å². The zero-order chi connectivity index (χ0) is 13.0. The van der Waals surface area contributed by atoms with Crippen molar-refractivity contribution >= 4 is 33.2 Å². The summed E-state index contributed by atoms with van der Waals surface area (Å²) in [5.41, 5.74) is 1.21. The third kappa shape index (κ3) is 3.62. The van der Waals surface area contributed by atoms with Crippen LogP contribution in [0.3, 0.4) is 0 Å². The van der Waals surface area contributed by atoms with E-state index < -0.39 is 0 Å². The molecule has 1 aliphatic rings. The van der Waals surface area contributed by atoms with Crippen LogP contribution >= 0.6 is 27.5 Å². The average Bonchev–Trinajstić information content (AvgIpc) is 2.39. The average molecular weight is 332 g/mol. The molecule has 1 saturated heterocycles. The summed E-state index contributed by atoms with van der Waals surface area (Å²) in [5.74, 6) is 0. The molecule has 2 nitrogen and oxygen atoms in total. The van der Waals surface area contributed by atoms with Gasteiger partial charge < -0.3 is 10.2 Å². The second kappa shape index (κ2) is 6.78. The molecule has 100 valence electrons. The van der Waals surface area contributed by atoms with Gasteiger partial charge in [0.1, 0.15) is 0 Å². The minimum absolute atomic E-state index is 0.601. The smallest absolute Gasteiger partial charge is 0.0526 e. The summed E-state index contributed by atoms with van der Waals surface area (Å²) in [6, 6.07) is 6.60. The number of hydrogen-bond donors (Lipinski definition) is 1. The molecule has 1 fully saturated rings. The largest absolute Gasteiger partial charge is 0.369 e. The predicted octanol–water partition coefficient (Wildman–Crippen LogP) is 4.07. The first-order valence-corrected chi connectivity index (χ1v) is 7.81. The van der Waals surface area contributed by atoms with E-state index in [2.05, 4.69) is 33.1 Å². The number of nitrogens with zero attached hydrogens (tertiary/aromatic N) is 1. The highest BCUT2D eigenvalue weighted by molar-refractivity contribution is 9.10. The highest BCUT2D eigenvalue weighted by Crippen LogP contribution is 2.31. The zero-order valence-corrected chi connectivity index (χ0v) is 13.1. The molecule has 0 radical (unpaired) electrons. The van der Waals surface area contributed by atoms with Crippen LogP contribution in [0.5, 0.6) is 0 Å². The lowest BCUT2D eigenvalue weighted by Crippen LogP contribution is -2.46.